The van der Waals surface area contributed by atoms with E-state index in [1.54, 1.807) is 37.4 Å². The van der Waals surface area contributed by atoms with Crippen LogP contribution in [-0.4, -0.2) is 25.8 Å². The lowest BCUT2D eigenvalue weighted by Crippen LogP contribution is -2.22. The van der Waals surface area contributed by atoms with Gasteiger partial charge in [0.05, 0.1) is 25.3 Å². The fraction of sp³-hybridized carbons (Fsp3) is 0.273. The van der Waals surface area contributed by atoms with Crippen LogP contribution in [0.3, 0.4) is 0 Å². The highest BCUT2D eigenvalue weighted by molar-refractivity contribution is 6.29. The molecule has 0 spiro atoms. The van der Waals surface area contributed by atoms with E-state index >= 15 is 0 Å². The van der Waals surface area contributed by atoms with Gasteiger partial charge in [0.25, 0.3) is 0 Å². The fourth-order valence-corrected chi connectivity index (χ4v) is 3.28. The predicted molar refractivity (Wildman–Crippen MR) is 101 cm³/mol. The Kier molecular flexibility index (Phi) is 5.21. The smallest absolute Gasteiger partial charge is 0.198 e. The zero-order valence-corrected chi connectivity index (χ0v) is 15.3. The molecule has 0 N–H and O–H groups in total. The van der Waals surface area contributed by atoms with Crippen molar-refractivity contribution < 1.29 is 19.1 Å². The summed E-state index contributed by atoms with van der Waals surface area (Å²) < 4.78 is 11.1. The van der Waals surface area contributed by atoms with E-state index in [0.717, 1.165) is 19.3 Å². The minimum Gasteiger partial charge on any atom is -0.496 e. The van der Waals surface area contributed by atoms with Crippen LogP contribution < -0.4 is 9.47 Å². The summed E-state index contributed by atoms with van der Waals surface area (Å²) in [6, 6.07) is 8.52. The van der Waals surface area contributed by atoms with Gasteiger partial charge in [-0.25, -0.2) is 0 Å². The van der Waals surface area contributed by atoms with Gasteiger partial charge in [0, 0.05) is 16.7 Å². The molecule has 0 saturated carbocycles. The molecule has 0 heterocycles. The average molecular weight is 350 g/mol. The molecule has 0 radical (unpaired) electrons. The van der Waals surface area contributed by atoms with Crippen LogP contribution in [0.15, 0.2) is 36.4 Å². The molecule has 0 aromatic heterocycles. The normalized spacial score (nSPS) is 12.9. The van der Waals surface area contributed by atoms with Crippen LogP contribution in [-0.2, 0) is 0 Å². The van der Waals surface area contributed by atoms with Crippen LogP contribution in [0.2, 0.25) is 0 Å². The molecular formula is C22H22O4. The van der Waals surface area contributed by atoms with Crippen molar-refractivity contribution in [1.29, 1.82) is 0 Å². The fourth-order valence-electron chi connectivity index (χ4n) is 3.28. The second-order valence-electron chi connectivity index (χ2n) is 6.20. The molecule has 134 valence electrons. The van der Waals surface area contributed by atoms with E-state index in [9.17, 15) is 9.59 Å². The number of ketones is 2. The number of carbonyl (C=O) groups excluding carboxylic acids is 2. The maximum absolute atomic E-state index is 13.1. The quantitative estimate of drug-likeness (QED) is 0.606. The van der Waals surface area contributed by atoms with Crippen molar-refractivity contribution in [2.24, 2.45) is 0 Å². The maximum Gasteiger partial charge on any atom is 0.198 e. The van der Waals surface area contributed by atoms with Crippen molar-refractivity contribution in [2.75, 3.05) is 14.2 Å². The van der Waals surface area contributed by atoms with E-state index in [1.165, 1.54) is 7.11 Å². The summed E-state index contributed by atoms with van der Waals surface area (Å²) in [6.07, 6.45) is 7.06. The molecule has 0 bridgehead atoms. The monoisotopic (exact) mass is 350 g/mol. The molecule has 0 amide bonds. The number of fused-ring (bicyclic) bond motifs is 2. The molecule has 1 aliphatic rings. The van der Waals surface area contributed by atoms with Gasteiger partial charge in [-0.3, -0.25) is 9.59 Å². The van der Waals surface area contributed by atoms with Gasteiger partial charge in [-0.05, 0) is 12.5 Å². The minimum atomic E-state index is -0.196. The summed E-state index contributed by atoms with van der Waals surface area (Å²) in [4.78, 5) is 26.0. The Bertz CT molecular complexity index is 893. The summed E-state index contributed by atoms with van der Waals surface area (Å²) >= 11 is 0. The van der Waals surface area contributed by atoms with E-state index < -0.39 is 0 Å². The van der Waals surface area contributed by atoms with Crippen LogP contribution in [0.25, 0.3) is 6.08 Å². The molecular weight excluding hydrogens is 328 g/mol. The number of allylic oxidation sites excluding steroid dienone is 1. The van der Waals surface area contributed by atoms with E-state index in [-0.39, 0.29) is 11.6 Å². The highest BCUT2D eigenvalue weighted by atomic mass is 16.5. The van der Waals surface area contributed by atoms with Crippen LogP contribution in [0, 0.1) is 0 Å². The zero-order chi connectivity index (χ0) is 18.7. The number of unbranched alkanes of at least 4 members (excludes halogenated alkanes) is 2. The number of methoxy groups -OCH3 is 2. The topological polar surface area (TPSA) is 52.6 Å². The van der Waals surface area contributed by atoms with Gasteiger partial charge < -0.3 is 9.47 Å². The Morgan fingerprint density at radius 2 is 1.65 bits per heavy atom. The van der Waals surface area contributed by atoms with E-state index in [1.807, 2.05) is 12.2 Å². The van der Waals surface area contributed by atoms with Crippen molar-refractivity contribution in [2.45, 2.75) is 26.2 Å². The molecule has 0 aliphatic heterocycles. The first-order chi connectivity index (χ1) is 12.6. The summed E-state index contributed by atoms with van der Waals surface area (Å²) in [5.74, 6) is 0.528. The van der Waals surface area contributed by atoms with Crippen molar-refractivity contribution in [3.63, 3.8) is 0 Å². The number of rotatable bonds is 6. The van der Waals surface area contributed by atoms with Gasteiger partial charge in [0.15, 0.2) is 11.6 Å². The lowest BCUT2D eigenvalue weighted by molar-refractivity contribution is 0.0976. The number of hydrogen-bond donors (Lipinski definition) is 0. The summed E-state index contributed by atoms with van der Waals surface area (Å²) in [5, 5.41) is 0. The third kappa shape index (κ3) is 2.92. The molecule has 0 saturated heterocycles. The van der Waals surface area contributed by atoms with Crippen molar-refractivity contribution in [1.82, 2.24) is 0 Å². The Hall–Kier alpha value is -2.88. The molecule has 4 nitrogen and oxygen atoms in total. The summed E-state index contributed by atoms with van der Waals surface area (Å²) in [6.45, 7) is 2.13. The van der Waals surface area contributed by atoms with Crippen LogP contribution in [0.5, 0.6) is 11.5 Å². The minimum absolute atomic E-state index is 0.187. The van der Waals surface area contributed by atoms with Gasteiger partial charge in [-0.15, -0.1) is 0 Å². The molecule has 4 heteroatoms. The number of carbonyl (C=O) groups is 2. The van der Waals surface area contributed by atoms with Crippen LogP contribution in [0.4, 0.5) is 0 Å². The van der Waals surface area contributed by atoms with Gasteiger partial charge in [0.1, 0.15) is 11.5 Å². The number of benzene rings is 2. The van der Waals surface area contributed by atoms with Gasteiger partial charge in [-0.2, -0.15) is 0 Å². The molecule has 2 aromatic rings. The Balaban J connectivity index is 2.21. The van der Waals surface area contributed by atoms with E-state index in [4.69, 9.17) is 9.47 Å². The largest absolute Gasteiger partial charge is 0.496 e. The first kappa shape index (κ1) is 17.9. The lowest BCUT2D eigenvalue weighted by Gasteiger charge is -2.22. The van der Waals surface area contributed by atoms with Crippen LogP contribution >= 0.6 is 0 Å². The molecule has 1 aliphatic carbocycles. The average Bonchev–Trinajstić information content (AvgIpc) is 2.68. The van der Waals surface area contributed by atoms with Crippen molar-refractivity contribution in [3.05, 3.63) is 64.2 Å². The Labute approximate surface area is 153 Å². The molecule has 26 heavy (non-hydrogen) atoms. The maximum atomic E-state index is 13.1. The molecule has 0 unspecified atom stereocenters. The molecule has 0 fully saturated rings. The zero-order valence-electron chi connectivity index (χ0n) is 15.3. The van der Waals surface area contributed by atoms with Gasteiger partial charge in [-0.1, -0.05) is 56.2 Å². The second-order valence-corrected chi connectivity index (χ2v) is 6.20. The number of hydrogen-bond acceptors (Lipinski definition) is 4. The molecule has 0 atom stereocenters. The second kappa shape index (κ2) is 7.56. The van der Waals surface area contributed by atoms with Crippen molar-refractivity contribution in [3.8, 4) is 11.5 Å². The van der Waals surface area contributed by atoms with Gasteiger partial charge in [0.2, 0.25) is 0 Å². The summed E-state index contributed by atoms with van der Waals surface area (Å²) in [5.41, 5.74) is 2.15. The predicted octanol–water partition coefficient (Wildman–Crippen LogP) is 4.68. The third-order valence-corrected chi connectivity index (χ3v) is 4.60. The summed E-state index contributed by atoms with van der Waals surface area (Å²) in [7, 11) is 3.06. The lowest BCUT2D eigenvalue weighted by atomic mass is 9.82. The van der Waals surface area contributed by atoms with Crippen molar-refractivity contribution >= 4 is 17.6 Å². The van der Waals surface area contributed by atoms with E-state index in [2.05, 4.69) is 6.92 Å². The Morgan fingerprint density at radius 1 is 0.962 bits per heavy atom. The first-order valence-corrected chi connectivity index (χ1v) is 8.78. The first-order valence-electron chi connectivity index (χ1n) is 8.78. The number of ether oxygens (including phenoxy) is 2. The van der Waals surface area contributed by atoms with Gasteiger partial charge >= 0.3 is 0 Å². The van der Waals surface area contributed by atoms with Crippen LogP contribution in [0.1, 0.15) is 63.6 Å². The van der Waals surface area contributed by atoms with E-state index in [0.29, 0.717) is 39.3 Å². The highest BCUT2D eigenvalue weighted by Crippen LogP contribution is 2.41. The standard InChI is InChI=1S/C22H22O4/c1-4-5-6-7-12-16-18(25-2)13-17-19(22(16)26-3)21(24)15-11-9-8-10-14(15)20(17)23/h7-13H,4-6H2,1-3H3. The highest BCUT2D eigenvalue weighted by Gasteiger charge is 2.34. The SMILES string of the molecule is CCCCC=Cc1c(OC)cc2c(c1OC)C(=O)c1ccccc1C2=O. The molecule has 3 rings (SSSR count). The third-order valence-electron chi connectivity index (χ3n) is 4.60. The molecule has 2 aromatic carbocycles. The Morgan fingerprint density at radius 3 is 2.27 bits per heavy atom.